The summed E-state index contributed by atoms with van der Waals surface area (Å²) in [5, 5.41) is 54.2. The van der Waals surface area contributed by atoms with Crippen LogP contribution in [0.4, 0.5) is 0 Å². The standard InChI is InChI=1S/C10H16O.C9H20O4.C3H4O2.2C2N2/c1-7-5-10(3,4)6-9(11)8(7)2;1-7(11)5-12-9(3)6-13-8(2)4-10;1-2-3(4)5;2*3-1-2-4/h5-6H2,1-4H3;7-11H,4-6H2,1-3H3;2H,1H2,(H,4,5);;. The van der Waals surface area contributed by atoms with E-state index < -0.39 is 12.1 Å². The smallest absolute Gasteiger partial charge is 0.327 e. The summed E-state index contributed by atoms with van der Waals surface area (Å²) in [6.07, 6.45) is 1.97. The third kappa shape index (κ3) is 32.4. The summed E-state index contributed by atoms with van der Waals surface area (Å²) in [5.41, 5.74) is 2.45. The molecule has 11 nitrogen and oxygen atoms in total. The molecule has 0 saturated carbocycles. The molecule has 0 spiro atoms. The lowest BCUT2D eigenvalue weighted by Crippen LogP contribution is -2.24. The number of Topliss-reactive ketones (excluding diaryl/α,β-unsaturated/α-hetero) is 1. The van der Waals surface area contributed by atoms with E-state index >= 15 is 0 Å². The Labute approximate surface area is 220 Å². The predicted octanol–water partition coefficient (Wildman–Crippen LogP) is 3.21. The zero-order valence-corrected chi connectivity index (χ0v) is 22.8. The number of carboxylic acids is 1. The molecule has 0 bridgehead atoms. The highest BCUT2D eigenvalue weighted by molar-refractivity contribution is 5.96. The van der Waals surface area contributed by atoms with E-state index in [0.29, 0.717) is 19.0 Å². The molecule has 1 rings (SSSR count). The highest BCUT2D eigenvalue weighted by Crippen LogP contribution is 2.36. The van der Waals surface area contributed by atoms with E-state index in [1.807, 2.05) is 13.8 Å². The van der Waals surface area contributed by atoms with Gasteiger partial charge in [0.15, 0.2) is 30.1 Å². The Morgan fingerprint density at radius 2 is 1.41 bits per heavy atom. The number of nitrogens with zero attached hydrogens (tertiary/aromatic N) is 4. The van der Waals surface area contributed by atoms with Gasteiger partial charge in [-0.3, -0.25) is 4.79 Å². The molecule has 3 N–H and O–H groups in total. The highest BCUT2D eigenvalue weighted by atomic mass is 16.5. The number of aliphatic hydroxyl groups is 2. The lowest BCUT2D eigenvalue weighted by atomic mass is 9.74. The number of ether oxygens (including phenoxy) is 2. The first kappa shape index (κ1) is 40.6. The summed E-state index contributed by atoms with van der Waals surface area (Å²) >= 11 is 0. The zero-order chi connectivity index (χ0) is 30.0. The van der Waals surface area contributed by atoms with Crippen LogP contribution in [0.1, 0.15) is 61.3 Å². The highest BCUT2D eigenvalue weighted by Gasteiger charge is 2.28. The van der Waals surface area contributed by atoms with Crippen molar-refractivity contribution in [2.75, 3.05) is 19.8 Å². The van der Waals surface area contributed by atoms with Crippen molar-refractivity contribution in [1.82, 2.24) is 0 Å². The molecular weight excluding hydrogens is 480 g/mol. The fourth-order valence-electron chi connectivity index (χ4n) is 2.42. The van der Waals surface area contributed by atoms with Crippen LogP contribution in [0.15, 0.2) is 23.8 Å². The number of carboxylic acid groups (broad SMARTS) is 1. The van der Waals surface area contributed by atoms with E-state index in [0.717, 1.165) is 24.5 Å². The maximum Gasteiger partial charge on any atom is 0.327 e. The quantitative estimate of drug-likeness (QED) is 0.395. The van der Waals surface area contributed by atoms with E-state index in [9.17, 15) is 9.59 Å². The predicted molar refractivity (Wildman–Crippen MR) is 136 cm³/mol. The van der Waals surface area contributed by atoms with E-state index in [1.54, 1.807) is 13.8 Å². The van der Waals surface area contributed by atoms with Crippen LogP contribution >= 0.6 is 0 Å². The first-order valence-corrected chi connectivity index (χ1v) is 11.2. The van der Waals surface area contributed by atoms with Crippen molar-refractivity contribution in [2.45, 2.75) is 79.6 Å². The number of aliphatic carboxylic acids is 1. The number of rotatable bonds is 8. The Bertz CT molecular complexity index is 821. The molecule has 206 valence electrons. The van der Waals surface area contributed by atoms with Gasteiger partial charge < -0.3 is 24.8 Å². The van der Waals surface area contributed by atoms with Gasteiger partial charge in [0.1, 0.15) is 0 Å². The summed E-state index contributed by atoms with van der Waals surface area (Å²) in [6.45, 7) is 17.4. The molecule has 1 aliphatic carbocycles. The SMILES string of the molecule is C=CC(=O)O.CC(O)COC(C)COC(C)CO.CC1=C(C)C(=O)CC(C)(C)C1.N#CC#N.N#CC#N. The fraction of sp³-hybridized carbons (Fsp3) is 0.615. The molecule has 0 aliphatic heterocycles. The van der Waals surface area contributed by atoms with Crippen LogP contribution in [0.3, 0.4) is 0 Å². The number of carbonyl (C=O) groups excluding carboxylic acids is 1. The zero-order valence-electron chi connectivity index (χ0n) is 22.8. The van der Waals surface area contributed by atoms with Crippen LogP contribution in [0.5, 0.6) is 0 Å². The monoisotopic (exact) mass is 520 g/mol. The van der Waals surface area contributed by atoms with Crippen LogP contribution in [0, 0.1) is 50.7 Å². The molecule has 3 atom stereocenters. The van der Waals surface area contributed by atoms with Crippen molar-refractivity contribution in [3.63, 3.8) is 0 Å². The first-order chi connectivity index (χ1) is 17.1. The van der Waals surface area contributed by atoms with Crippen molar-refractivity contribution in [3.05, 3.63) is 23.8 Å². The molecule has 0 amide bonds. The second-order valence-electron chi connectivity index (χ2n) is 8.66. The minimum absolute atomic E-state index is 0.0170. The Hall–Kier alpha value is -3.58. The fourth-order valence-corrected chi connectivity index (χ4v) is 2.42. The normalized spacial score (nSPS) is 15.0. The van der Waals surface area contributed by atoms with E-state index in [-0.39, 0.29) is 24.2 Å². The minimum Gasteiger partial charge on any atom is -0.478 e. The maximum absolute atomic E-state index is 11.4. The molecule has 0 aromatic carbocycles. The average Bonchev–Trinajstić information content (AvgIpc) is 2.84. The molecule has 0 radical (unpaired) electrons. The van der Waals surface area contributed by atoms with Gasteiger partial charge in [-0.1, -0.05) is 26.0 Å². The van der Waals surface area contributed by atoms with Gasteiger partial charge >= 0.3 is 5.97 Å². The summed E-state index contributed by atoms with van der Waals surface area (Å²) in [6, 6.07) is 4.94. The molecule has 1 aliphatic rings. The Morgan fingerprint density at radius 3 is 1.70 bits per heavy atom. The van der Waals surface area contributed by atoms with Crippen molar-refractivity contribution in [2.24, 2.45) is 5.41 Å². The second-order valence-corrected chi connectivity index (χ2v) is 8.66. The van der Waals surface area contributed by atoms with Crippen LogP contribution in [-0.2, 0) is 19.1 Å². The number of hydrogen-bond acceptors (Lipinski definition) is 10. The van der Waals surface area contributed by atoms with Gasteiger partial charge in [-0.2, -0.15) is 21.0 Å². The molecule has 0 aromatic rings. The number of ketones is 1. The maximum atomic E-state index is 11.4. The molecule has 0 fully saturated rings. The van der Waals surface area contributed by atoms with Gasteiger partial charge in [0.05, 0.1) is 38.1 Å². The molecule has 0 aromatic heterocycles. The molecule has 37 heavy (non-hydrogen) atoms. The second kappa shape index (κ2) is 25.5. The first-order valence-electron chi connectivity index (χ1n) is 11.2. The average molecular weight is 521 g/mol. The van der Waals surface area contributed by atoms with Gasteiger partial charge in [-0.15, -0.1) is 0 Å². The minimum atomic E-state index is -0.981. The molecule has 3 unspecified atom stereocenters. The lowest BCUT2D eigenvalue weighted by Gasteiger charge is -2.29. The van der Waals surface area contributed by atoms with E-state index in [2.05, 4.69) is 27.4 Å². The van der Waals surface area contributed by atoms with Gasteiger partial charge in [0, 0.05) is 12.5 Å². The third-order valence-corrected chi connectivity index (χ3v) is 4.21. The number of carbonyl (C=O) groups is 2. The number of hydrogen-bond donors (Lipinski definition) is 3. The largest absolute Gasteiger partial charge is 0.478 e. The molecule has 11 heteroatoms. The van der Waals surface area contributed by atoms with Crippen LogP contribution in [0.25, 0.3) is 0 Å². The number of nitriles is 4. The van der Waals surface area contributed by atoms with Crippen LogP contribution in [0.2, 0.25) is 0 Å². The van der Waals surface area contributed by atoms with Gasteiger partial charge in [0.2, 0.25) is 0 Å². The van der Waals surface area contributed by atoms with Crippen molar-refractivity contribution in [3.8, 4) is 24.3 Å². The lowest BCUT2D eigenvalue weighted by molar-refractivity contribution is -0.131. The number of allylic oxidation sites excluding steroid dienone is 2. The summed E-state index contributed by atoms with van der Waals surface area (Å²) in [7, 11) is 0. The van der Waals surface area contributed by atoms with Crippen LogP contribution < -0.4 is 0 Å². The Morgan fingerprint density at radius 1 is 1.00 bits per heavy atom. The van der Waals surface area contributed by atoms with Gasteiger partial charge in [-0.25, -0.2) is 4.79 Å². The van der Waals surface area contributed by atoms with E-state index in [4.69, 9.17) is 45.8 Å². The number of aliphatic hydroxyl groups excluding tert-OH is 2. The van der Waals surface area contributed by atoms with Crippen molar-refractivity contribution in [1.29, 1.82) is 21.0 Å². The molecule has 0 heterocycles. The summed E-state index contributed by atoms with van der Waals surface area (Å²) < 4.78 is 10.5. The molecular formula is C26H40N4O7. The van der Waals surface area contributed by atoms with Gasteiger partial charge in [-0.05, 0) is 52.0 Å². The van der Waals surface area contributed by atoms with Crippen LogP contribution in [-0.4, -0.2) is 65.2 Å². The summed E-state index contributed by atoms with van der Waals surface area (Å²) in [4.78, 5) is 20.6. The Balaban J connectivity index is -0.000000203. The van der Waals surface area contributed by atoms with Crippen molar-refractivity contribution < 1.29 is 34.4 Å². The molecule has 0 saturated heterocycles. The van der Waals surface area contributed by atoms with Crippen molar-refractivity contribution >= 4 is 11.8 Å². The third-order valence-electron chi connectivity index (χ3n) is 4.21. The summed E-state index contributed by atoms with van der Waals surface area (Å²) in [5.74, 6) is -0.649. The van der Waals surface area contributed by atoms with E-state index in [1.165, 1.54) is 29.8 Å². The van der Waals surface area contributed by atoms with Gasteiger partial charge in [0.25, 0.3) is 0 Å². The topological polar surface area (TPSA) is 208 Å². The Kier molecular flexibility index (Phi) is 28.0.